The molecule has 1 amide bonds. The molecule has 0 aliphatic carbocycles. The quantitative estimate of drug-likeness (QED) is 0.631. The minimum atomic E-state index is -3.62. The van der Waals surface area contributed by atoms with Crippen LogP contribution in [0, 0.1) is 0 Å². The van der Waals surface area contributed by atoms with Gasteiger partial charge in [-0.3, -0.25) is 9.59 Å². The summed E-state index contributed by atoms with van der Waals surface area (Å²) >= 11 is 0. The first-order chi connectivity index (χ1) is 7.65. The molecule has 17 heavy (non-hydrogen) atoms. The summed E-state index contributed by atoms with van der Waals surface area (Å²) in [7, 11) is -0.565. The lowest BCUT2D eigenvalue weighted by atomic mass is 10.3. The average Bonchev–Trinajstić information content (AvgIpc) is 2.14. The molecule has 0 aromatic carbocycles. The zero-order chi connectivity index (χ0) is 13.6. The Kier molecular flexibility index (Phi) is 6.11. The van der Waals surface area contributed by atoms with Gasteiger partial charge in [0, 0.05) is 20.5 Å². The van der Waals surface area contributed by atoms with Crippen LogP contribution in [0.15, 0.2) is 0 Å². The molecule has 0 bridgehead atoms. The summed E-state index contributed by atoms with van der Waals surface area (Å²) in [6.07, 6.45) is -0.190. The third kappa shape index (κ3) is 6.90. The van der Waals surface area contributed by atoms with Gasteiger partial charge < -0.3 is 10.0 Å². The number of carboxylic acids is 1. The lowest BCUT2D eigenvalue weighted by Crippen LogP contribution is -2.44. The Bertz CT molecular complexity index is 377. The van der Waals surface area contributed by atoms with Crippen LogP contribution in [0.5, 0.6) is 0 Å². The summed E-state index contributed by atoms with van der Waals surface area (Å²) in [5, 5.41) is 8.38. The van der Waals surface area contributed by atoms with E-state index < -0.39 is 22.0 Å². The minimum Gasteiger partial charge on any atom is -0.481 e. The van der Waals surface area contributed by atoms with E-state index in [0.29, 0.717) is 0 Å². The van der Waals surface area contributed by atoms with E-state index in [1.807, 2.05) is 0 Å². The summed E-state index contributed by atoms with van der Waals surface area (Å²) in [6.45, 7) is 1.44. The van der Waals surface area contributed by atoms with Crippen molar-refractivity contribution in [2.45, 2.75) is 25.8 Å². The Morgan fingerprint density at radius 3 is 2.29 bits per heavy atom. The molecule has 1 unspecified atom stereocenters. The second-order valence-corrected chi connectivity index (χ2v) is 5.76. The molecule has 0 radical (unpaired) electrons. The fourth-order valence-electron chi connectivity index (χ4n) is 1.18. The topological polar surface area (TPSA) is 104 Å². The molecule has 0 saturated carbocycles. The van der Waals surface area contributed by atoms with Gasteiger partial charge in [0.15, 0.2) is 0 Å². The van der Waals surface area contributed by atoms with Gasteiger partial charge in [-0.15, -0.1) is 0 Å². The smallest absolute Gasteiger partial charge is 0.303 e. The van der Waals surface area contributed by atoms with Crippen molar-refractivity contribution in [2.24, 2.45) is 0 Å². The first-order valence-corrected chi connectivity index (χ1v) is 6.74. The minimum absolute atomic E-state index is 0.0214. The fraction of sp³-hybridized carbons (Fsp3) is 0.778. The number of likely N-dealkylation sites (N-methyl/N-ethyl adjacent to an activating group) is 1. The highest BCUT2D eigenvalue weighted by molar-refractivity contribution is 7.89. The van der Waals surface area contributed by atoms with Gasteiger partial charge in [0.05, 0.1) is 11.8 Å². The Morgan fingerprint density at radius 2 is 1.88 bits per heavy atom. The monoisotopic (exact) mass is 266 g/mol. The SMILES string of the molecule is CC(NS(=O)(=O)CCCC(=O)O)C(=O)N(C)C. The number of nitrogens with zero attached hydrogens (tertiary/aromatic N) is 1. The van der Waals surface area contributed by atoms with E-state index in [9.17, 15) is 18.0 Å². The third-order valence-corrected chi connectivity index (χ3v) is 3.51. The average molecular weight is 266 g/mol. The number of nitrogens with one attached hydrogen (secondary N) is 1. The molecule has 0 fully saturated rings. The van der Waals surface area contributed by atoms with E-state index in [0.717, 1.165) is 0 Å². The van der Waals surface area contributed by atoms with Crippen molar-refractivity contribution >= 4 is 21.9 Å². The molecular weight excluding hydrogens is 248 g/mol. The van der Waals surface area contributed by atoms with E-state index in [-0.39, 0.29) is 24.5 Å². The molecule has 2 N–H and O–H groups in total. The van der Waals surface area contributed by atoms with Crippen LogP contribution in [0.25, 0.3) is 0 Å². The van der Waals surface area contributed by atoms with E-state index >= 15 is 0 Å². The van der Waals surface area contributed by atoms with Crippen LogP contribution in [0.3, 0.4) is 0 Å². The molecule has 7 nitrogen and oxygen atoms in total. The lowest BCUT2D eigenvalue weighted by Gasteiger charge is -2.17. The van der Waals surface area contributed by atoms with Gasteiger partial charge in [0.2, 0.25) is 15.9 Å². The molecule has 8 heteroatoms. The maximum atomic E-state index is 11.5. The number of carboxylic acid groups (broad SMARTS) is 1. The molecule has 0 spiro atoms. The molecular formula is C9H18N2O5S. The van der Waals surface area contributed by atoms with Gasteiger partial charge in [0.1, 0.15) is 0 Å². The van der Waals surface area contributed by atoms with Crippen LogP contribution in [-0.4, -0.2) is 56.2 Å². The number of carbonyl (C=O) groups excluding carboxylic acids is 1. The Morgan fingerprint density at radius 1 is 1.35 bits per heavy atom. The molecule has 0 aliphatic rings. The third-order valence-electron chi connectivity index (χ3n) is 1.97. The molecule has 100 valence electrons. The summed E-state index contributed by atoms with van der Waals surface area (Å²) < 4.78 is 25.1. The van der Waals surface area contributed by atoms with Crippen LogP contribution in [0.4, 0.5) is 0 Å². The predicted molar refractivity (Wildman–Crippen MR) is 61.9 cm³/mol. The van der Waals surface area contributed by atoms with Gasteiger partial charge in [-0.2, -0.15) is 0 Å². The molecule has 0 aliphatic heterocycles. The Labute approximate surface area is 101 Å². The standard InChI is InChI=1S/C9H18N2O5S/c1-7(9(14)11(2)3)10-17(15,16)6-4-5-8(12)13/h7,10H,4-6H2,1-3H3,(H,12,13). The molecule has 0 aromatic rings. The number of rotatable bonds is 7. The highest BCUT2D eigenvalue weighted by Crippen LogP contribution is 1.98. The molecule has 0 rings (SSSR count). The van der Waals surface area contributed by atoms with Crippen molar-refractivity contribution in [1.82, 2.24) is 9.62 Å². The predicted octanol–water partition coefficient (Wildman–Crippen LogP) is -0.753. The zero-order valence-corrected chi connectivity index (χ0v) is 11.0. The van der Waals surface area contributed by atoms with Crippen molar-refractivity contribution in [2.75, 3.05) is 19.8 Å². The zero-order valence-electron chi connectivity index (χ0n) is 10.1. The second-order valence-electron chi connectivity index (χ2n) is 3.89. The fourth-order valence-corrected chi connectivity index (χ4v) is 2.46. The largest absolute Gasteiger partial charge is 0.481 e. The van der Waals surface area contributed by atoms with E-state index in [4.69, 9.17) is 5.11 Å². The number of hydrogen-bond acceptors (Lipinski definition) is 4. The van der Waals surface area contributed by atoms with Gasteiger partial charge in [-0.05, 0) is 13.3 Å². The second kappa shape index (κ2) is 6.55. The molecule has 0 aromatic heterocycles. The number of amides is 1. The normalized spacial score (nSPS) is 13.1. The van der Waals surface area contributed by atoms with E-state index in [1.165, 1.54) is 25.9 Å². The molecule has 0 heterocycles. The number of carbonyl (C=O) groups is 2. The summed E-state index contributed by atoms with van der Waals surface area (Å²) in [4.78, 5) is 22.9. The maximum absolute atomic E-state index is 11.5. The van der Waals surface area contributed by atoms with Crippen LogP contribution in [0.2, 0.25) is 0 Å². The van der Waals surface area contributed by atoms with Crippen molar-refractivity contribution in [3.05, 3.63) is 0 Å². The van der Waals surface area contributed by atoms with Gasteiger partial charge in [-0.25, -0.2) is 13.1 Å². The summed E-state index contributed by atoms with van der Waals surface area (Å²) in [5.41, 5.74) is 0. The highest BCUT2D eigenvalue weighted by atomic mass is 32.2. The van der Waals surface area contributed by atoms with Gasteiger partial charge in [-0.1, -0.05) is 0 Å². The molecule has 0 saturated heterocycles. The van der Waals surface area contributed by atoms with Gasteiger partial charge in [0.25, 0.3) is 0 Å². The first-order valence-electron chi connectivity index (χ1n) is 5.08. The van der Waals surface area contributed by atoms with Gasteiger partial charge >= 0.3 is 5.97 Å². The summed E-state index contributed by atoms with van der Waals surface area (Å²) in [6, 6.07) is -0.847. The summed E-state index contributed by atoms with van der Waals surface area (Å²) in [5.74, 6) is -1.70. The lowest BCUT2D eigenvalue weighted by molar-refractivity contribution is -0.137. The van der Waals surface area contributed by atoms with Crippen molar-refractivity contribution < 1.29 is 23.1 Å². The first kappa shape index (κ1) is 15.9. The van der Waals surface area contributed by atoms with Crippen molar-refractivity contribution in [1.29, 1.82) is 0 Å². The maximum Gasteiger partial charge on any atom is 0.303 e. The van der Waals surface area contributed by atoms with Crippen LogP contribution in [0.1, 0.15) is 19.8 Å². The van der Waals surface area contributed by atoms with Crippen LogP contribution >= 0.6 is 0 Å². The number of sulfonamides is 1. The Balaban J connectivity index is 4.26. The van der Waals surface area contributed by atoms with E-state index in [2.05, 4.69) is 4.72 Å². The number of aliphatic carboxylic acids is 1. The van der Waals surface area contributed by atoms with Crippen LogP contribution < -0.4 is 4.72 Å². The molecule has 1 atom stereocenters. The van der Waals surface area contributed by atoms with Crippen molar-refractivity contribution in [3.63, 3.8) is 0 Å². The van der Waals surface area contributed by atoms with Crippen LogP contribution in [-0.2, 0) is 19.6 Å². The highest BCUT2D eigenvalue weighted by Gasteiger charge is 2.21. The Hall–Kier alpha value is -1.15. The number of hydrogen-bond donors (Lipinski definition) is 2. The van der Waals surface area contributed by atoms with E-state index in [1.54, 1.807) is 0 Å². The van der Waals surface area contributed by atoms with Crippen molar-refractivity contribution in [3.8, 4) is 0 Å².